The van der Waals surface area contributed by atoms with Gasteiger partial charge >= 0.3 is 0 Å². The maximum atomic E-state index is 6.05. The van der Waals surface area contributed by atoms with E-state index < -0.39 is 0 Å². The molecular weight excluding hydrogens is 382 g/mol. The van der Waals surface area contributed by atoms with E-state index in [1.54, 1.807) is 0 Å². The molecule has 120 valence electrons. The van der Waals surface area contributed by atoms with Gasteiger partial charge in [0.05, 0.1) is 11.4 Å². The standard InChI is InChI=1S/C21H17BrClN/c1-12(2)20-19(13-3-6-17(23)7-4-13)11-15-9-14-10-16(22)5-8-18(14)21(15)24-20/h3-8,10-12H,9H2,1-2H3. The van der Waals surface area contributed by atoms with Gasteiger partial charge in [0.1, 0.15) is 0 Å². The van der Waals surface area contributed by atoms with Crippen LogP contribution in [0.15, 0.2) is 53.0 Å². The number of halogens is 2. The van der Waals surface area contributed by atoms with Gasteiger partial charge in [0.25, 0.3) is 0 Å². The average Bonchev–Trinajstić information content (AvgIpc) is 2.90. The molecule has 0 spiro atoms. The van der Waals surface area contributed by atoms with Crippen LogP contribution in [-0.4, -0.2) is 4.98 Å². The highest BCUT2D eigenvalue weighted by Crippen LogP contribution is 2.40. The van der Waals surface area contributed by atoms with E-state index in [-0.39, 0.29) is 0 Å². The van der Waals surface area contributed by atoms with Crippen molar-refractivity contribution in [3.63, 3.8) is 0 Å². The molecule has 3 aromatic rings. The molecule has 0 radical (unpaired) electrons. The lowest BCUT2D eigenvalue weighted by molar-refractivity contribution is 0.826. The molecule has 0 amide bonds. The summed E-state index contributed by atoms with van der Waals surface area (Å²) in [7, 11) is 0. The van der Waals surface area contributed by atoms with Crippen molar-refractivity contribution in [2.45, 2.75) is 26.2 Å². The summed E-state index contributed by atoms with van der Waals surface area (Å²) in [5.74, 6) is 0.362. The number of hydrogen-bond donors (Lipinski definition) is 0. The second kappa shape index (κ2) is 6.02. The third-order valence-electron chi connectivity index (χ3n) is 4.54. The van der Waals surface area contributed by atoms with Crippen molar-refractivity contribution in [3.05, 3.63) is 74.8 Å². The van der Waals surface area contributed by atoms with Gasteiger partial charge in [-0.3, -0.25) is 4.98 Å². The van der Waals surface area contributed by atoms with Gasteiger partial charge in [0.2, 0.25) is 0 Å². The van der Waals surface area contributed by atoms with Crippen molar-refractivity contribution < 1.29 is 0 Å². The number of rotatable bonds is 2. The molecular formula is C21H17BrClN. The maximum absolute atomic E-state index is 6.05. The van der Waals surface area contributed by atoms with E-state index in [1.807, 2.05) is 12.1 Å². The van der Waals surface area contributed by atoms with Crippen molar-refractivity contribution >= 4 is 27.5 Å². The molecule has 2 aromatic carbocycles. The minimum atomic E-state index is 0.362. The van der Waals surface area contributed by atoms with E-state index in [4.69, 9.17) is 16.6 Å². The van der Waals surface area contributed by atoms with E-state index in [0.29, 0.717) is 5.92 Å². The topological polar surface area (TPSA) is 12.9 Å². The summed E-state index contributed by atoms with van der Waals surface area (Å²) in [5, 5.41) is 0.760. The molecule has 0 unspecified atom stereocenters. The van der Waals surface area contributed by atoms with Gasteiger partial charge in [-0.1, -0.05) is 59.6 Å². The monoisotopic (exact) mass is 397 g/mol. The first-order valence-electron chi connectivity index (χ1n) is 8.11. The van der Waals surface area contributed by atoms with Crippen LogP contribution in [0.4, 0.5) is 0 Å². The molecule has 0 atom stereocenters. The summed E-state index contributed by atoms with van der Waals surface area (Å²) in [6, 6.07) is 16.8. The fourth-order valence-electron chi connectivity index (χ4n) is 3.38. The Hall–Kier alpha value is -1.64. The van der Waals surface area contributed by atoms with Crippen LogP contribution in [0.3, 0.4) is 0 Å². The molecule has 0 bridgehead atoms. The fourth-order valence-corrected chi connectivity index (χ4v) is 3.92. The van der Waals surface area contributed by atoms with Gasteiger partial charge in [0, 0.05) is 27.0 Å². The minimum absolute atomic E-state index is 0.362. The zero-order chi connectivity index (χ0) is 16.8. The average molecular weight is 399 g/mol. The smallest absolute Gasteiger partial charge is 0.0744 e. The van der Waals surface area contributed by atoms with E-state index in [0.717, 1.165) is 27.3 Å². The summed E-state index contributed by atoms with van der Waals surface area (Å²) in [6.07, 6.45) is 0.941. The summed E-state index contributed by atoms with van der Waals surface area (Å²) in [6.45, 7) is 4.40. The van der Waals surface area contributed by atoms with Crippen LogP contribution in [0, 0.1) is 0 Å². The van der Waals surface area contributed by atoms with Gasteiger partial charge in [0.15, 0.2) is 0 Å². The molecule has 0 saturated carbocycles. The molecule has 0 aliphatic heterocycles. The molecule has 4 rings (SSSR count). The Balaban J connectivity index is 1.91. The molecule has 1 aromatic heterocycles. The molecule has 1 aliphatic carbocycles. The largest absolute Gasteiger partial charge is 0.252 e. The Kier molecular flexibility index (Phi) is 3.98. The second-order valence-electron chi connectivity index (χ2n) is 6.57. The fraction of sp³-hybridized carbons (Fsp3) is 0.190. The van der Waals surface area contributed by atoms with Crippen LogP contribution >= 0.6 is 27.5 Å². The van der Waals surface area contributed by atoms with Gasteiger partial charge in [-0.05, 0) is 52.9 Å². The molecule has 1 nitrogen and oxygen atoms in total. The van der Waals surface area contributed by atoms with E-state index in [2.05, 4.69) is 66.2 Å². The summed E-state index contributed by atoms with van der Waals surface area (Å²) in [5.41, 5.74) is 8.58. The number of nitrogens with zero attached hydrogens (tertiary/aromatic N) is 1. The Morgan fingerprint density at radius 1 is 0.958 bits per heavy atom. The number of aromatic nitrogens is 1. The Bertz CT molecular complexity index is 929. The second-order valence-corrected chi connectivity index (χ2v) is 7.92. The van der Waals surface area contributed by atoms with Gasteiger partial charge < -0.3 is 0 Å². The summed E-state index contributed by atoms with van der Waals surface area (Å²) in [4.78, 5) is 5.07. The van der Waals surface area contributed by atoms with E-state index in [1.165, 1.54) is 27.8 Å². The van der Waals surface area contributed by atoms with Crippen LogP contribution in [0.25, 0.3) is 22.4 Å². The van der Waals surface area contributed by atoms with E-state index >= 15 is 0 Å². The highest BCUT2D eigenvalue weighted by molar-refractivity contribution is 9.10. The maximum Gasteiger partial charge on any atom is 0.0744 e. The lowest BCUT2D eigenvalue weighted by atomic mass is 9.95. The van der Waals surface area contributed by atoms with Gasteiger partial charge in [-0.2, -0.15) is 0 Å². The zero-order valence-corrected chi connectivity index (χ0v) is 15.9. The van der Waals surface area contributed by atoms with E-state index in [9.17, 15) is 0 Å². The molecule has 0 saturated heterocycles. The normalized spacial score (nSPS) is 12.4. The summed E-state index contributed by atoms with van der Waals surface area (Å²) < 4.78 is 1.12. The Labute approximate surface area is 155 Å². The Morgan fingerprint density at radius 3 is 2.42 bits per heavy atom. The number of hydrogen-bond acceptors (Lipinski definition) is 1. The first-order chi connectivity index (χ1) is 11.5. The zero-order valence-electron chi connectivity index (χ0n) is 13.6. The molecule has 24 heavy (non-hydrogen) atoms. The van der Waals surface area contributed by atoms with Crippen LogP contribution in [0.5, 0.6) is 0 Å². The first kappa shape index (κ1) is 15.9. The van der Waals surface area contributed by atoms with Crippen molar-refractivity contribution in [3.8, 4) is 22.4 Å². The van der Waals surface area contributed by atoms with Crippen LogP contribution < -0.4 is 0 Å². The summed E-state index contributed by atoms with van der Waals surface area (Å²) >= 11 is 9.62. The third-order valence-corrected chi connectivity index (χ3v) is 5.28. The lowest BCUT2D eigenvalue weighted by Gasteiger charge is -2.15. The molecule has 0 fully saturated rings. The predicted octanol–water partition coefficient (Wildman–Crippen LogP) is 6.86. The highest BCUT2D eigenvalue weighted by atomic mass is 79.9. The van der Waals surface area contributed by atoms with Gasteiger partial charge in [-0.25, -0.2) is 0 Å². The highest BCUT2D eigenvalue weighted by Gasteiger charge is 2.23. The van der Waals surface area contributed by atoms with Crippen molar-refractivity contribution in [1.29, 1.82) is 0 Å². The minimum Gasteiger partial charge on any atom is -0.252 e. The van der Waals surface area contributed by atoms with Crippen molar-refractivity contribution in [1.82, 2.24) is 4.98 Å². The van der Waals surface area contributed by atoms with Crippen molar-refractivity contribution in [2.75, 3.05) is 0 Å². The number of fused-ring (bicyclic) bond motifs is 3. The Morgan fingerprint density at radius 2 is 1.71 bits per heavy atom. The molecule has 0 N–H and O–H groups in total. The van der Waals surface area contributed by atoms with Crippen LogP contribution in [0.2, 0.25) is 5.02 Å². The molecule has 1 heterocycles. The first-order valence-corrected chi connectivity index (χ1v) is 9.28. The van der Waals surface area contributed by atoms with Crippen LogP contribution in [0.1, 0.15) is 36.6 Å². The third kappa shape index (κ3) is 2.68. The lowest BCUT2D eigenvalue weighted by Crippen LogP contribution is -2.00. The molecule has 3 heteroatoms. The SMILES string of the molecule is CC(C)c1nc2c(cc1-c1ccc(Cl)cc1)Cc1cc(Br)ccc1-2. The van der Waals surface area contributed by atoms with Crippen LogP contribution in [-0.2, 0) is 6.42 Å². The number of pyridine rings is 1. The number of benzene rings is 2. The molecule has 1 aliphatic rings. The van der Waals surface area contributed by atoms with Gasteiger partial charge in [-0.15, -0.1) is 0 Å². The van der Waals surface area contributed by atoms with Crippen molar-refractivity contribution in [2.24, 2.45) is 0 Å². The quantitative estimate of drug-likeness (QED) is 0.359. The predicted molar refractivity (Wildman–Crippen MR) is 105 cm³/mol.